The van der Waals surface area contributed by atoms with E-state index in [0.29, 0.717) is 170 Å². The molecule has 0 unspecified atom stereocenters. The van der Waals surface area contributed by atoms with Gasteiger partial charge in [-0.3, -0.25) is 42.9 Å². The van der Waals surface area contributed by atoms with Crippen LogP contribution in [-0.4, -0.2) is 178 Å². The summed E-state index contributed by atoms with van der Waals surface area (Å²) in [5.74, 6) is -0.518. The lowest BCUT2D eigenvalue weighted by molar-refractivity contribution is -0.197. The molecule has 0 aromatic heterocycles. The zero-order valence-corrected chi connectivity index (χ0v) is 82.9. The molecule has 9 aliphatic rings. The van der Waals surface area contributed by atoms with E-state index in [0.717, 1.165) is 135 Å². The lowest BCUT2D eigenvalue weighted by Crippen LogP contribution is -2.35. The van der Waals surface area contributed by atoms with Crippen LogP contribution in [0.5, 0.6) is 0 Å². The molecule has 5 aliphatic carbocycles. The van der Waals surface area contributed by atoms with Crippen LogP contribution in [0.2, 0.25) is 0 Å². The minimum atomic E-state index is -3.23. The third-order valence-corrected chi connectivity index (χ3v) is 28.1. The lowest BCUT2D eigenvalue weighted by atomic mass is 9.73. The number of methoxy groups -OCH3 is 5. The Balaban J connectivity index is 0.000000258. The number of carbonyl (C=O) groups excluding carboxylic acids is 9. The second-order valence-electron chi connectivity index (χ2n) is 33.6. The number of halogens is 3. The highest BCUT2D eigenvalue weighted by Gasteiger charge is 2.46. The fourth-order valence-electron chi connectivity index (χ4n) is 15.8. The average Bonchev–Trinajstić information content (AvgIpc) is 1.75. The van der Waals surface area contributed by atoms with Gasteiger partial charge < -0.3 is 75.7 Å². The number of ether oxygens (including phenoxy) is 13. The second kappa shape index (κ2) is 55.0. The molecule has 2 spiro atoms. The summed E-state index contributed by atoms with van der Waals surface area (Å²) in [5, 5.41) is 11.3. The minimum absolute atomic E-state index is 0.0700. The Morgan fingerprint density at radius 2 is 0.811 bits per heavy atom. The van der Waals surface area contributed by atoms with E-state index in [2.05, 4.69) is 140 Å². The molecule has 9 fully saturated rings. The molecular formula is C96H135Br3NO26P. The maximum Gasteiger partial charge on any atom is 0.341 e. The Morgan fingerprint density at radius 1 is 0.457 bits per heavy atom. The van der Waals surface area contributed by atoms with Gasteiger partial charge >= 0.3 is 37.4 Å². The van der Waals surface area contributed by atoms with Gasteiger partial charge in [-0.1, -0.05) is 143 Å². The van der Waals surface area contributed by atoms with E-state index in [1.807, 2.05) is 77.1 Å². The summed E-state index contributed by atoms with van der Waals surface area (Å²) in [6.45, 7) is 32.4. The molecule has 27 nitrogen and oxygen atoms in total. The summed E-state index contributed by atoms with van der Waals surface area (Å²) in [5.41, 5.74) is 9.36. The normalized spacial score (nSPS) is 20.1. The fourth-order valence-corrected chi connectivity index (χ4v) is 17.4. The van der Waals surface area contributed by atoms with Crippen LogP contribution in [0.15, 0.2) is 97.9 Å². The van der Waals surface area contributed by atoms with E-state index in [1.165, 1.54) is 55.3 Å². The number of aliphatic hydroxyl groups is 1. The number of carbonyl (C=O) groups is 9. The van der Waals surface area contributed by atoms with Crippen LogP contribution in [-0.2, 0) is 131 Å². The van der Waals surface area contributed by atoms with Gasteiger partial charge in [0, 0.05) is 152 Å². The van der Waals surface area contributed by atoms with Gasteiger partial charge in [0.05, 0.1) is 101 Å². The molecule has 0 bridgehead atoms. The molecule has 4 aromatic rings. The molecule has 127 heavy (non-hydrogen) atoms. The number of benzene rings is 4. The Labute approximate surface area is 776 Å². The smallest absolute Gasteiger partial charge is 0.341 e. The largest absolute Gasteiger partial charge is 0.469 e. The van der Waals surface area contributed by atoms with Crippen LogP contribution in [0.3, 0.4) is 0 Å². The van der Waals surface area contributed by atoms with Gasteiger partial charge in [-0.05, 0) is 162 Å². The highest BCUT2D eigenvalue weighted by molar-refractivity contribution is 9.11. The van der Waals surface area contributed by atoms with Crippen molar-refractivity contribution in [3.8, 4) is 0 Å². The zero-order valence-electron chi connectivity index (χ0n) is 77.3. The van der Waals surface area contributed by atoms with E-state index in [-0.39, 0.29) is 59.2 Å². The van der Waals surface area contributed by atoms with Crippen molar-refractivity contribution >= 4 is 114 Å². The molecule has 0 radical (unpaired) electrons. The first-order valence-electron chi connectivity index (χ1n) is 43.7. The Morgan fingerprint density at radius 3 is 1.17 bits per heavy atom. The van der Waals surface area contributed by atoms with E-state index < -0.39 is 30.7 Å². The first-order valence-corrected chi connectivity index (χ1v) is 47.8. The fraction of sp³-hybridized carbons (Fsp3) is 0.625. The number of ketones is 4. The summed E-state index contributed by atoms with van der Waals surface area (Å²) < 4.78 is 91.9. The SMILES string of the molecule is COC(=O)C=C1CCC2(CC1)OCCO2.COC(=O)CC1CCC(=O)CC1.COC(=O)CC1CCC(=O)CC1.COC(=O)CC1CCC(O)(c2ccc(C3(C(C)C)OCCO3)cc2C)CC1.COC(=O)CP(=O)(OC)OC.Cc1cc(C(=O)C(C)C)ccc1Br.Cc1cc(C2(C(C)C)OCCO2)ccc1Br.O=C1CCC2(CC1)OCCO2.[C-]#[N+]c1ccc(Br)c(C)c1. The molecule has 4 heterocycles. The van der Waals surface area contributed by atoms with E-state index >= 15 is 0 Å². The molecule has 13 rings (SSSR count). The van der Waals surface area contributed by atoms with Crippen molar-refractivity contribution < 1.29 is 123 Å². The number of aryl methyl sites for hydroxylation is 4. The summed E-state index contributed by atoms with van der Waals surface area (Å²) in [7, 11) is 6.03. The topological polar surface area (TPSA) is 334 Å². The molecule has 0 atom stereocenters. The average molecular weight is 1990 g/mol. The number of hydrogen-bond donors (Lipinski definition) is 1. The Hall–Kier alpha value is -6.63. The molecule has 4 aromatic carbocycles. The Bertz CT molecular complexity index is 4260. The first-order chi connectivity index (χ1) is 60.2. The number of hydrogen-bond acceptors (Lipinski definition) is 26. The minimum Gasteiger partial charge on any atom is -0.469 e. The molecule has 4 saturated heterocycles. The molecule has 706 valence electrons. The van der Waals surface area contributed by atoms with Crippen molar-refractivity contribution in [2.45, 2.75) is 246 Å². The van der Waals surface area contributed by atoms with Crippen molar-refractivity contribution in [3.05, 3.63) is 154 Å². The second-order valence-corrected chi connectivity index (χ2v) is 38.5. The molecule has 1 N–H and O–H groups in total. The van der Waals surface area contributed by atoms with Crippen LogP contribution in [0.1, 0.15) is 239 Å². The van der Waals surface area contributed by atoms with Gasteiger partial charge in [0.15, 0.2) is 34.6 Å². The van der Waals surface area contributed by atoms with Gasteiger partial charge in [0.25, 0.3) is 0 Å². The lowest BCUT2D eigenvalue weighted by Gasteiger charge is -2.38. The van der Waals surface area contributed by atoms with Crippen molar-refractivity contribution in [2.75, 3.05) is 109 Å². The van der Waals surface area contributed by atoms with Crippen molar-refractivity contribution in [1.82, 2.24) is 0 Å². The third kappa shape index (κ3) is 35.8. The predicted octanol–water partition coefficient (Wildman–Crippen LogP) is 19.8. The van der Waals surface area contributed by atoms with Crippen molar-refractivity contribution in [1.29, 1.82) is 0 Å². The number of esters is 5. The third-order valence-electron chi connectivity index (χ3n) is 23.7. The molecule has 31 heteroatoms. The van der Waals surface area contributed by atoms with Crippen molar-refractivity contribution in [2.24, 2.45) is 35.5 Å². The van der Waals surface area contributed by atoms with Gasteiger partial charge in [-0.25, -0.2) is 9.64 Å². The number of Topliss-reactive ketones (excluding diaryl/α,β-unsaturated/α-hetero) is 4. The monoisotopic (exact) mass is 1990 g/mol. The van der Waals surface area contributed by atoms with Crippen molar-refractivity contribution in [3.63, 3.8) is 0 Å². The van der Waals surface area contributed by atoms with E-state index in [9.17, 15) is 52.8 Å². The van der Waals surface area contributed by atoms with Crippen LogP contribution < -0.4 is 0 Å². The summed E-state index contributed by atoms with van der Waals surface area (Å²) >= 11 is 10.3. The van der Waals surface area contributed by atoms with Crippen LogP contribution in [0.4, 0.5) is 5.69 Å². The van der Waals surface area contributed by atoms with Gasteiger partial charge in [-0.2, -0.15) is 0 Å². The van der Waals surface area contributed by atoms with Crippen LogP contribution in [0.25, 0.3) is 4.85 Å². The van der Waals surface area contributed by atoms with Crippen LogP contribution in [0, 0.1) is 69.8 Å². The number of allylic oxidation sites excluding steroid dienone is 1. The first kappa shape index (κ1) is 111. The number of nitrogens with zero attached hydrogens (tertiary/aromatic N) is 1. The highest BCUT2D eigenvalue weighted by atomic mass is 79.9. The molecule has 5 saturated carbocycles. The van der Waals surface area contributed by atoms with Gasteiger partial charge in [0.1, 0.15) is 23.5 Å². The number of rotatable bonds is 18. The standard InChI is InChI=1S/C22H32O5.C13H17BrO2.C11H13BrO.C11H16O4.2C9H14O3.C8H6BrN.C8H12O3.C5H11O5P/c1-15(2)22(26-11-12-27-22)18-5-6-19(16(3)13-18)21(24)9-7-17(8-10-21)14-20(23)25-4;1-9(2)13(15-6-7-16-13)11-4-5-12(14)10(3)8-11;1-7(2)11(13)9-4-5-10(12)8(3)6-9;1-13-10(12)8-9-2-4-11(5-3-9)14-6-7-15-11;2*1-12-9(11)6-7-2-4-8(10)5-3-7;1-6-5-7(10-2)3-4-8(6)9;9-7-1-3-8(4-2-7)10-5-6-11-8;1-8-5(6)4-11(7,9-2)10-3/h5-6,13,15,17,24H,7-12,14H2,1-4H3;4-5,8-9H,6-7H2,1-3H3;4-7H,1-3H3;8H,2-7H2,1H3;2*7H,2-6H2,1H3;3-5H,1H3;1-6H2;4H2,1-3H3. The molecule has 4 aliphatic heterocycles. The quantitative estimate of drug-likeness (QED) is 0.0241. The summed E-state index contributed by atoms with van der Waals surface area (Å²) in [6.07, 6.45) is 17.8. The molecule has 0 amide bonds. The van der Waals surface area contributed by atoms with Gasteiger partial charge in [-0.15, -0.1) is 0 Å². The summed E-state index contributed by atoms with van der Waals surface area (Å²) in [6, 6.07) is 23.7. The highest BCUT2D eigenvalue weighted by Crippen LogP contribution is 2.48. The maximum atomic E-state index is 11.6. The Kier molecular flexibility index (Phi) is 48.0. The zero-order chi connectivity index (χ0) is 94.3. The maximum absolute atomic E-state index is 11.6. The van der Waals surface area contributed by atoms with E-state index in [1.54, 1.807) is 12.1 Å². The van der Waals surface area contributed by atoms with E-state index in [4.69, 9.17) is 49.2 Å². The summed E-state index contributed by atoms with van der Waals surface area (Å²) in [4.78, 5) is 102. The predicted molar refractivity (Wildman–Crippen MR) is 490 cm³/mol. The van der Waals surface area contributed by atoms with Gasteiger partial charge in [0.2, 0.25) is 0 Å². The van der Waals surface area contributed by atoms with Crippen LogP contribution >= 0.6 is 55.4 Å². The molecular weight excluding hydrogens is 1850 g/mol.